The molecule has 4 heterocycles. The normalized spacial score (nSPS) is 53.4. The van der Waals surface area contributed by atoms with Crippen LogP contribution in [0.15, 0.2) is 0 Å². The van der Waals surface area contributed by atoms with Crippen LogP contribution in [0.3, 0.4) is 0 Å². The second kappa shape index (κ2) is 22.6. The Morgan fingerprint density at radius 2 is 1.04 bits per heavy atom. The Labute approximate surface area is 451 Å². The summed E-state index contributed by atoms with van der Waals surface area (Å²) in [5.41, 5.74) is -4.52. The van der Waals surface area contributed by atoms with E-state index in [0.717, 1.165) is 19.3 Å². The van der Waals surface area contributed by atoms with Crippen molar-refractivity contribution in [3.63, 3.8) is 0 Å². The Kier molecular flexibility index (Phi) is 18.2. The summed E-state index contributed by atoms with van der Waals surface area (Å²) in [5.74, 6) is -0.594. The third-order valence-corrected chi connectivity index (χ3v) is 21.3. The van der Waals surface area contributed by atoms with Gasteiger partial charge in [-0.1, -0.05) is 34.6 Å². The van der Waals surface area contributed by atoms with Crippen molar-refractivity contribution in [3.05, 3.63) is 0 Å². The number of aliphatic hydroxyl groups is 15. The highest BCUT2D eigenvalue weighted by molar-refractivity contribution is 5.20. The van der Waals surface area contributed by atoms with Gasteiger partial charge in [-0.25, -0.2) is 0 Å². The first kappa shape index (κ1) is 62.1. The number of hydrogen-bond acceptors (Lipinski definition) is 23. The van der Waals surface area contributed by atoms with Crippen LogP contribution < -0.4 is 0 Å². The molecule has 0 bridgehead atoms. The summed E-state index contributed by atoms with van der Waals surface area (Å²) in [5, 5.41) is 165. The van der Waals surface area contributed by atoms with E-state index in [1.54, 1.807) is 6.92 Å². The predicted molar refractivity (Wildman–Crippen MR) is 266 cm³/mol. The molecule has 4 saturated carbocycles. The summed E-state index contributed by atoms with van der Waals surface area (Å²) in [4.78, 5) is 0. The minimum Gasteiger partial charge on any atom is -0.394 e. The smallest absolute Gasteiger partial charge is 0.187 e. The maximum atomic E-state index is 12.6. The molecule has 4 aliphatic heterocycles. The molecule has 23 heteroatoms. The zero-order valence-corrected chi connectivity index (χ0v) is 46.3. The molecule has 448 valence electrons. The highest BCUT2D eigenvalue weighted by Gasteiger charge is 2.72. The Balaban J connectivity index is 1.01. The first-order chi connectivity index (χ1) is 35.7. The molecule has 8 rings (SSSR count). The Morgan fingerprint density at radius 1 is 0.532 bits per heavy atom. The molecule has 15 N–H and O–H groups in total. The molecule has 0 aromatic rings. The lowest BCUT2D eigenvalue weighted by molar-refractivity contribution is -0.397. The number of rotatable bonds is 15. The SMILES string of the molecule is C[C@@H]1O[C@@H](O[C@H]2[C@H](O[C@H]3CC[C@@]4(C)[C@H](CC[C@]5(C)[C@@H]4C[C@@H](O)[C@@H]4[C@@H]([C@@](C)(O)CC[C@@H](O[C@@H]6O[C@H](CO)[C@@H](O)[C@H](O)[C@H]6O)C(C)(C)O)CC[C@]45C)C3(C)C)O[C@H](CO)[C@@H](O)[C@@H]2O[C@@H]2O[C@@H](C)[C@H](O)[C@@H](O)[C@H]2O)[C@H](O)[C@H](O)[C@H]1O. The standard InChI is InChI=1S/C54H94O23/c1-22-33(58)37(62)40(65)45(70-22)76-43-36(61)27(21-56)73-48(44(43)77-46-41(66)38(63)34(59)23(2)71-46)74-30-13-15-51(7)28(49(30,3)4)12-17-52(8)29(51)19-25(57)32-24(11-16-53(32,52)9)54(10,69)18-14-31(50(5,6)68)75-47-42(67)39(64)35(60)26(20-55)72-47/h22-48,55-69H,11-21H2,1-10H3/t22-,23-,24-,25+,26+,27+,28+,29+,30-,31+,32-,33-,34-,35+,36+,37+,38+,39-,40+,41+,42+,43-,44+,45-,46-,47-,48-,51-,52+,53+,54-/m0/s1. The second-order valence-electron chi connectivity index (χ2n) is 26.6. The number of fused-ring (bicyclic) bond motifs is 5. The van der Waals surface area contributed by atoms with E-state index in [2.05, 4.69) is 34.6 Å². The van der Waals surface area contributed by atoms with E-state index < -0.39 is 176 Å². The molecule has 4 saturated heterocycles. The molecule has 31 atom stereocenters. The van der Waals surface area contributed by atoms with Gasteiger partial charge >= 0.3 is 0 Å². The van der Waals surface area contributed by atoms with Crippen LogP contribution >= 0.6 is 0 Å². The van der Waals surface area contributed by atoms with Crippen molar-refractivity contribution in [2.75, 3.05) is 13.2 Å². The molecule has 77 heavy (non-hydrogen) atoms. The third-order valence-electron chi connectivity index (χ3n) is 21.3. The largest absolute Gasteiger partial charge is 0.394 e. The van der Waals surface area contributed by atoms with Gasteiger partial charge in [0.2, 0.25) is 0 Å². The fourth-order valence-electron chi connectivity index (χ4n) is 16.4. The first-order valence-corrected chi connectivity index (χ1v) is 28.1. The lowest BCUT2D eigenvalue weighted by atomic mass is 9.35. The highest BCUT2D eigenvalue weighted by atomic mass is 16.8. The van der Waals surface area contributed by atoms with Gasteiger partial charge in [0.05, 0.1) is 54.9 Å². The van der Waals surface area contributed by atoms with Gasteiger partial charge in [0.15, 0.2) is 25.2 Å². The van der Waals surface area contributed by atoms with Crippen molar-refractivity contribution in [3.8, 4) is 0 Å². The summed E-state index contributed by atoms with van der Waals surface area (Å²) < 4.78 is 49.2. The fraction of sp³-hybridized carbons (Fsp3) is 1.00. The van der Waals surface area contributed by atoms with Crippen LogP contribution in [-0.4, -0.2) is 242 Å². The zero-order chi connectivity index (χ0) is 57.0. The molecule has 0 spiro atoms. The minimum absolute atomic E-state index is 0.0114. The Morgan fingerprint density at radius 3 is 1.60 bits per heavy atom. The van der Waals surface area contributed by atoms with E-state index in [-0.39, 0.29) is 47.3 Å². The molecule has 0 aromatic carbocycles. The molecular weight excluding hydrogens is 1020 g/mol. The van der Waals surface area contributed by atoms with Crippen molar-refractivity contribution >= 4 is 0 Å². The van der Waals surface area contributed by atoms with Gasteiger partial charge in [-0.2, -0.15) is 0 Å². The van der Waals surface area contributed by atoms with Crippen LogP contribution in [0, 0.1) is 45.3 Å². The van der Waals surface area contributed by atoms with Crippen molar-refractivity contribution in [2.24, 2.45) is 45.3 Å². The Hall–Kier alpha value is -0.920. The monoisotopic (exact) mass is 1110 g/mol. The van der Waals surface area contributed by atoms with E-state index in [1.807, 2.05) is 0 Å². The molecule has 8 fully saturated rings. The molecule has 0 aromatic heterocycles. The Bertz CT molecular complexity index is 1980. The van der Waals surface area contributed by atoms with Gasteiger partial charge in [0.25, 0.3) is 0 Å². The summed E-state index contributed by atoms with van der Waals surface area (Å²) in [6.45, 7) is 17.5. The topological polar surface area (TPSA) is 377 Å². The quantitative estimate of drug-likeness (QED) is 0.0790. The van der Waals surface area contributed by atoms with Gasteiger partial charge in [-0.15, -0.1) is 0 Å². The van der Waals surface area contributed by atoms with Gasteiger partial charge < -0.3 is 114 Å². The summed E-state index contributed by atoms with van der Waals surface area (Å²) in [7, 11) is 0. The van der Waals surface area contributed by atoms with Crippen LogP contribution in [0.2, 0.25) is 0 Å². The molecular formula is C54H94O23. The summed E-state index contributed by atoms with van der Waals surface area (Å²) in [6.07, 6.45) is -28.2. The lowest BCUT2D eigenvalue weighted by Crippen LogP contribution is -2.68. The number of aliphatic hydroxyl groups excluding tert-OH is 13. The molecule has 23 nitrogen and oxygen atoms in total. The minimum atomic E-state index is -1.81. The van der Waals surface area contributed by atoms with Crippen LogP contribution in [0.5, 0.6) is 0 Å². The van der Waals surface area contributed by atoms with Gasteiger partial charge in [0, 0.05) is 0 Å². The molecule has 0 amide bonds. The molecule has 0 unspecified atom stereocenters. The summed E-state index contributed by atoms with van der Waals surface area (Å²) in [6, 6.07) is 0. The van der Waals surface area contributed by atoms with Crippen molar-refractivity contribution < 1.29 is 114 Å². The average molecular weight is 1110 g/mol. The van der Waals surface area contributed by atoms with Crippen LogP contribution in [0.1, 0.15) is 127 Å². The molecule has 0 radical (unpaired) electrons. The molecule has 8 aliphatic rings. The maximum absolute atomic E-state index is 12.6. The van der Waals surface area contributed by atoms with Crippen molar-refractivity contribution in [1.82, 2.24) is 0 Å². The second-order valence-corrected chi connectivity index (χ2v) is 26.6. The van der Waals surface area contributed by atoms with E-state index in [4.69, 9.17) is 37.9 Å². The fourth-order valence-corrected chi connectivity index (χ4v) is 16.4. The van der Waals surface area contributed by atoms with E-state index in [0.29, 0.717) is 25.7 Å². The van der Waals surface area contributed by atoms with E-state index >= 15 is 0 Å². The van der Waals surface area contributed by atoms with Crippen LogP contribution in [0.25, 0.3) is 0 Å². The first-order valence-electron chi connectivity index (χ1n) is 28.1. The van der Waals surface area contributed by atoms with E-state index in [1.165, 1.54) is 27.7 Å². The average Bonchev–Trinajstić information content (AvgIpc) is 4.02. The number of ether oxygens (including phenoxy) is 8. The maximum Gasteiger partial charge on any atom is 0.187 e. The molecule has 4 aliphatic carbocycles. The summed E-state index contributed by atoms with van der Waals surface area (Å²) >= 11 is 0. The van der Waals surface area contributed by atoms with Gasteiger partial charge in [0.1, 0.15) is 85.5 Å². The van der Waals surface area contributed by atoms with E-state index in [9.17, 15) is 76.6 Å². The predicted octanol–water partition coefficient (Wildman–Crippen LogP) is -1.98. The van der Waals surface area contributed by atoms with Gasteiger partial charge in [-0.3, -0.25) is 0 Å². The highest BCUT2D eigenvalue weighted by Crippen LogP contribution is 2.76. The van der Waals surface area contributed by atoms with Crippen LogP contribution in [-0.2, 0) is 37.9 Å². The van der Waals surface area contributed by atoms with Crippen molar-refractivity contribution in [2.45, 2.75) is 279 Å². The van der Waals surface area contributed by atoms with Gasteiger partial charge in [-0.05, 0) is 138 Å². The number of hydrogen-bond donors (Lipinski definition) is 15. The van der Waals surface area contributed by atoms with Crippen molar-refractivity contribution in [1.29, 1.82) is 0 Å². The zero-order valence-electron chi connectivity index (χ0n) is 46.3. The lowest BCUT2D eigenvalue weighted by Gasteiger charge is -2.70. The van der Waals surface area contributed by atoms with Crippen LogP contribution in [0.4, 0.5) is 0 Å². The third kappa shape index (κ3) is 10.9.